The predicted octanol–water partition coefficient (Wildman–Crippen LogP) is 2.11. The number of nitro groups is 1. The number of nitrogens with zero attached hydrogens (tertiary/aromatic N) is 1. The third-order valence-electron chi connectivity index (χ3n) is 2.20. The second kappa shape index (κ2) is 4.47. The predicted molar refractivity (Wildman–Crippen MR) is 53.1 cm³/mol. The highest BCUT2D eigenvalue weighted by atomic mass is 79.9. The Hall–Kier alpha value is -1.38. The van der Waals surface area contributed by atoms with E-state index in [2.05, 4.69) is 15.9 Å². The number of halogens is 4. The monoisotopic (exact) mass is 315 g/mol. The maximum Gasteiger partial charge on any atom is 0.325 e. The van der Waals surface area contributed by atoms with Gasteiger partial charge in [0.05, 0.1) is 10.8 Å². The number of hydrogen-bond donors (Lipinski definition) is 1. The van der Waals surface area contributed by atoms with Crippen LogP contribution in [0.3, 0.4) is 0 Å². The first-order valence-corrected chi connectivity index (χ1v) is 4.95. The van der Waals surface area contributed by atoms with E-state index in [0.29, 0.717) is 6.08 Å². The SMILES string of the molecule is O=C(O)C1(Br)C=C(F)C([N+](=O)[O-])=CC1C(F)F. The molecule has 0 aliphatic heterocycles. The van der Waals surface area contributed by atoms with Crippen molar-refractivity contribution in [2.75, 3.05) is 0 Å². The summed E-state index contributed by atoms with van der Waals surface area (Å²) in [5.74, 6) is -5.25. The minimum atomic E-state index is -3.19. The number of rotatable bonds is 3. The second-order valence-electron chi connectivity index (χ2n) is 3.23. The molecule has 5 nitrogen and oxygen atoms in total. The molecule has 2 atom stereocenters. The van der Waals surface area contributed by atoms with Crippen molar-refractivity contribution in [3.05, 3.63) is 33.8 Å². The van der Waals surface area contributed by atoms with Crippen molar-refractivity contribution in [2.24, 2.45) is 5.92 Å². The van der Waals surface area contributed by atoms with Crippen LogP contribution in [0.25, 0.3) is 0 Å². The summed E-state index contributed by atoms with van der Waals surface area (Å²) < 4.78 is 36.1. The highest BCUT2D eigenvalue weighted by Gasteiger charge is 2.51. The molecule has 1 rings (SSSR count). The average molecular weight is 316 g/mol. The van der Waals surface area contributed by atoms with Crippen LogP contribution < -0.4 is 0 Å². The van der Waals surface area contributed by atoms with Gasteiger partial charge in [-0.05, 0) is 6.08 Å². The van der Waals surface area contributed by atoms with Crippen molar-refractivity contribution in [2.45, 2.75) is 10.7 Å². The van der Waals surface area contributed by atoms with Gasteiger partial charge in [-0.1, -0.05) is 15.9 Å². The van der Waals surface area contributed by atoms with Crippen LogP contribution in [0.15, 0.2) is 23.7 Å². The summed E-state index contributed by atoms with van der Waals surface area (Å²) >= 11 is 2.48. The fourth-order valence-electron chi connectivity index (χ4n) is 1.33. The summed E-state index contributed by atoms with van der Waals surface area (Å²) in [4.78, 5) is 20.0. The van der Waals surface area contributed by atoms with Crippen molar-refractivity contribution in [3.63, 3.8) is 0 Å². The van der Waals surface area contributed by atoms with Gasteiger partial charge in [-0.3, -0.25) is 14.9 Å². The van der Waals surface area contributed by atoms with E-state index in [0.717, 1.165) is 0 Å². The van der Waals surface area contributed by atoms with Gasteiger partial charge in [0.2, 0.25) is 6.43 Å². The molecule has 0 heterocycles. The molecule has 0 saturated carbocycles. The van der Waals surface area contributed by atoms with E-state index in [1.165, 1.54) is 0 Å². The van der Waals surface area contributed by atoms with E-state index < -0.39 is 39.1 Å². The van der Waals surface area contributed by atoms with Gasteiger partial charge in [-0.25, -0.2) is 8.78 Å². The van der Waals surface area contributed by atoms with E-state index in [1.807, 2.05) is 0 Å². The Morgan fingerprint density at radius 1 is 1.65 bits per heavy atom. The molecule has 1 N–H and O–H groups in total. The molecule has 94 valence electrons. The van der Waals surface area contributed by atoms with Crippen LogP contribution in [0.5, 0.6) is 0 Å². The lowest BCUT2D eigenvalue weighted by atomic mass is 9.87. The molecule has 0 saturated heterocycles. The van der Waals surface area contributed by atoms with Crippen molar-refractivity contribution in [1.82, 2.24) is 0 Å². The quantitative estimate of drug-likeness (QED) is 0.491. The van der Waals surface area contributed by atoms with E-state index in [4.69, 9.17) is 5.11 Å². The molecule has 1 aliphatic rings. The molecule has 9 heteroatoms. The minimum absolute atomic E-state index is 0.268. The number of hydrogen-bond acceptors (Lipinski definition) is 3. The standard InChI is InChI=1S/C8H5BrF3NO4/c9-8(7(14)15)2-4(10)5(13(16)17)1-3(8)6(11)12/h1-3,6H,(H,14,15). The number of carbonyl (C=O) groups is 1. The number of alkyl halides is 3. The van der Waals surface area contributed by atoms with Crippen molar-refractivity contribution >= 4 is 21.9 Å². The molecule has 0 aromatic carbocycles. The number of carboxylic acid groups (broad SMARTS) is 1. The highest BCUT2D eigenvalue weighted by Crippen LogP contribution is 2.41. The number of aliphatic carboxylic acids is 1. The number of carboxylic acids is 1. The van der Waals surface area contributed by atoms with Crippen LogP contribution in [0.4, 0.5) is 13.2 Å². The third kappa shape index (κ3) is 2.33. The fraction of sp³-hybridized carbons (Fsp3) is 0.375. The summed E-state index contributed by atoms with van der Waals surface area (Å²) in [5.41, 5.74) is -1.16. The van der Waals surface area contributed by atoms with E-state index in [9.17, 15) is 28.1 Å². The number of allylic oxidation sites excluding steroid dienone is 2. The van der Waals surface area contributed by atoms with Crippen LogP contribution in [-0.4, -0.2) is 26.7 Å². The molecule has 2 unspecified atom stereocenters. The molecular weight excluding hydrogens is 311 g/mol. The van der Waals surface area contributed by atoms with Gasteiger partial charge in [0.1, 0.15) is 0 Å². The van der Waals surface area contributed by atoms with Crippen LogP contribution in [0.2, 0.25) is 0 Å². The van der Waals surface area contributed by atoms with E-state index in [-0.39, 0.29) is 6.08 Å². The van der Waals surface area contributed by atoms with E-state index >= 15 is 0 Å². The Kier molecular flexibility index (Phi) is 3.60. The zero-order chi connectivity index (χ0) is 13.4. The van der Waals surface area contributed by atoms with Gasteiger partial charge in [-0.15, -0.1) is 0 Å². The Balaban J connectivity index is 3.32. The summed E-state index contributed by atoms with van der Waals surface area (Å²) in [6.07, 6.45) is -2.61. The first-order chi connectivity index (χ1) is 7.70. The van der Waals surface area contributed by atoms with Crippen LogP contribution in [0, 0.1) is 16.0 Å². The molecule has 0 radical (unpaired) electrons. The lowest BCUT2D eigenvalue weighted by Crippen LogP contribution is -2.43. The molecule has 0 spiro atoms. The van der Waals surface area contributed by atoms with Gasteiger partial charge < -0.3 is 5.11 Å². The van der Waals surface area contributed by atoms with Crippen LogP contribution >= 0.6 is 15.9 Å². The van der Waals surface area contributed by atoms with Gasteiger partial charge in [0.15, 0.2) is 10.2 Å². The normalized spacial score (nSPS) is 28.6. The first kappa shape index (κ1) is 13.7. The van der Waals surface area contributed by atoms with Gasteiger partial charge in [0, 0.05) is 6.08 Å². The Morgan fingerprint density at radius 2 is 2.18 bits per heavy atom. The topological polar surface area (TPSA) is 80.4 Å². The van der Waals surface area contributed by atoms with Crippen molar-refractivity contribution in [3.8, 4) is 0 Å². The Morgan fingerprint density at radius 3 is 2.53 bits per heavy atom. The highest BCUT2D eigenvalue weighted by molar-refractivity contribution is 9.10. The molecule has 1 aliphatic carbocycles. The minimum Gasteiger partial charge on any atom is -0.480 e. The molecular formula is C8H5BrF3NO4. The molecule has 0 aromatic rings. The van der Waals surface area contributed by atoms with Crippen LogP contribution in [-0.2, 0) is 4.79 Å². The Bertz CT molecular complexity index is 436. The second-order valence-corrected chi connectivity index (χ2v) is 4.55. The molecule has 17 heavy (non-hydrogen) atoms. The van der Waals surface area contributed by atoms with Gasteiger partial charge in [-0.2, -0.15) is 4.39 Å². The molecule has 0 bridgehead atoms. The molecule has 0 aromatic heterocycles. The van der Waals surface area contributed by atoms with Crippen molar-refractivity contribution < 1.29 is 28.0 Å². The summed E-state index contributed by atoms with van der Waals surface area (Å²) in [6, 6.07) is 0. The molecule has 0 amide bonds. The van der Waals surface area contributed by atoms with Gasteiger partial charge in [0.25, 0.3) is 0 Å². The van der Waals surface area contributed by atoms with Gasteiger partial charge >= 0.3 is 11.7 Å². The maximum absolute atomic E-state index is 13.2. The summed E-state index contributed by atoms with van der Waals surface area (Å²) in [6.45, 7) is 0. The third-order valence-corrected chi connectivity index (χ3v) is 3.30. The zero-order valence-corrected chi connectivity index (χ0v) is 9.53. The smallest absolute Gasteiger partial charge is 0.325 e. The Labute approximate surface area is 101 Å². The van der Waals surface area contributed by atoms with E-state index in [1.54, 1.807) is 0 Å². The van der Waals surface area contributed by atoms with Crippen molar-refractivity contribution in [1.29, 1.82) is 0 Å². The summed E-state index contributed by atoms with van der Waals surface area (Å²) in [7, 11) is 0. The lowest BCUT2D eigenvalue weighted by Gasteiger charge is -2.28. The lowest BCUT2D eigenvalue weighted by molar-refractivity contribution is -0.423. The summed E-state index contributed by atoms with van der Waals surface area (Å²) in [5, 5.41) is 19.1. The zero-order valence-electron chi connectivity index (χ0n) is 7.94. The largest absolute Gasteiger partial charge is 0.480 e. The fourth-order valence-corrected chi connectivity index (χ4v) is 1.87. The average Bonchev–Trinajstić information content (AvgIpc) is 2.15. The maximum atomic E-state index is 13.2. The first-order valence-electron chi connectivity index (χ1n) is 4.15. The van der Waals surface area contributed by atoms with Crippen LogP contribution in [0.1, 0.15) is 0 Å². The molecule has 0 fully saturated rings.